The Morgan fingerprint density at radius 2 is 1.71 bits per heavy atom. The lowest BCUT2D eigenvalue weighted by Gasteiger charge is -2.19. The second kappa shape index (κ2) is 9.90. The molecule has 0 aliphatic carbocycles. The van der Waals surface area contributed by atoms with Gasteiger partial charge in [-0.25, -0.2) is 8.78 Å². The molecular weight excluding hydrogens is 402 g/mol. The smallest absolute Gasteiger partial charge is 0.254 e. The maximum atomic E-state index is 14.9. The first kappa shape index (κ1) is 22.0. The second-order valence-corrected chi connectivity index (χ2v) is 6.75. The number of rotatable bonds is 8. The Balaban J connectivity index is 1.80. The van der Waals surface area contributed by atoms with Crippen molar-refractivity contribution in [2.24, 2.45) is 5.73 Å². The predicted octanol–water partition coefficient (Wildman–Crippen LogP) is 3.70. The van der Waals surface area contributed by atoms with Crippen LogP contribution < -0.4 is 11.1 Å². The number of amidine groups is 1. The van der Waals surface area contributed by atoms with Gasteiger partial charge >= 0.3 is 0 Å². The minimum Gasteiger partial charge on any atom is -0.384 e. The van der Waals surface area contributed by atoms with Gasteiger partial charge in [0.2, 0.25) is 0 Å². The molecule has 0 aliphatic rings. The van der Waals surface area contributed by atoms with E-state index < -0.39 is 29.2 Å². The van der Waals surface area contributed by atoms with E-state index in [0.717, 1.165) is 5.56 Å². The maximum absolute atomic E-state index is 14.9. The molecule has 0 radical (unpaired) electrons. The van der Waals surface area contributed by atoms with Crippen molar-refractivity contribution in [3.8, 4) is 11.1 Å². The number of pyridine rings is 1. The van der Waals surface area contributed by atoms with E-state index in [4.69, 9.17) is 15.9 Å². The number of benzene rings is 2. The highest BCUT2D eigenvalue weighted by Gasteiger charge is 2.28. The maximum Gasteiger partial charge on any atom is 0.254 e. The van der Waals surface area contributed by atoms with Gasteiger partial charge < -0.3 is 15.8 Å². The number of hydrogen-bond donors (Lipinski definition) is 3. The molecule has 160 valence electrons. The zero-order valence-corrected chi connectivity index (χ0v) is 16.9. The van der Waals surface area contributed by atoms with Crippen molar-refractivity contribution in [2.75, 3.05) is 6.61 Å². The number of nitrogens with one attached hydrogen (secondary N) is 2. The molecule has 2 aromatic carbocycles. The van der Waals surface area contributed by atoms with Gasteiger partial charge in [0.1, 0.15) is 17.5 Å². The van der Waals surface area contributed by atoms with Gasteiger partial charge in [-0.15, -0.1) is 0 Å². The van der Waals surface area contributed by atoms with Crippen LogP contribution in [0.3, 0.4) is 0 Å². The van der Waals surface area contributed by atoms with Crippen molar-refractivity contribution >= 4 is 11.7 Å². The summed E-state index contributed by atoms with van der Waals surface area (Å²) in [6.45, 7) is 1.86. The molecule has 1 aromatic heterocycles. The number of carbonyl (C=O) groups is 1. The monoisotopic (exact) mass is 424 g/mol. The molecule has 0 spiro atoms. The van der Waals surface area contributed by atoms with E-state index in [1.807, 2.05) is 0 Å². The molecule has 1 heterocycles. The summed E-state index contributed by atoms with van der Waals surface area (Å²) in [5, 5.41) is 10.0. The summed E-state index contributed by atoms with van der Waals surface area (Å²) in [6, 6.07) is 12.3. The topological polar surface area (TPSA) is 101 Å². The normalized spacial score (nSPS) is 11.7. The number of nitrogens with zero attached hydrogens (tertiary/aromatic N) is 1. The van der Waals surface area contributed by atoms with E-state index >= 15 is 0 Å². The SMILES string of the molecule is CCOC(C(=O)NCc1ccc(C(=N)N)cc1)c1c(F)cc(-c2ccncc2)cc1F. The summed E-state index contributed by atoms with van der Waals surface area (Å²) in [7, 11) is 0. The van der Waals surface area contributed by atoms with Gasteiger partial charge in [0.05, 0.1) is 5.56 Å². The lowest BCUT2D eigenvalue weighted by atomic mass is 10.0. The van der Waals surface area contributed by atoms with Crippen LogP contribution in [0.15, 0.2) is 60.9 Å². The average molecular weight is 424 g/mol. The van der Waals surface area contributed by atoms with E-state index in [9.17, 15) is 13.6 Å². The van der Waals surface area contributed by atoms with E-state index in [0.29, 0.717) is 16.7 Å². The summed E-state index contributed by atoms with van der Waals surface area (Å²) in [5.41, 5.74) is 7.21. The Morgan fingerprint density at radius 1 is 1.10 bits per heavy atom. The van der Waals surface area contributed by atoms with Gasteiger partial charge in [0, 0.05) is 31.1 Å². The first-order valence-corrected chi connectivity index (χ1v) is 9.62. The minimum atomic E-state index is -1.44. The van der Waals surface area contributed by atoms with Crippen molar-refractivity contribution in [3.63, 3.8) is 0 Å². The standard InChI is InChI=1S/C23H22F2N4O2/c1-2-31-21(23(30)29-13-14-3-5-16(6-4-14)22(26)27)20-18(24)11-17(12-19(20)25)15-7-9-28-10-8-15/h3-12,21H,2,13H2,1H3,(H3,26,27)(H,29,30). The van der Waals surface area contributed by atoms with Gasteiger partial charge in [-0.3, -0.25) is 15.2 Å². The molecule has 1 atom stereocenters. The third kappa shape index (κ3) is 5.29. The van der Waals surface area contributed by atoms with Crippen LogP contribution in [0.5, 0.6) is 0 Å². The number of halogens is 2. The van der Waals surface area contributed by atoms with Crippen LogP contribution in [0, 0.1) is 17.0 Å². The Bertz CT molecular complexity index is 1050. The lowest BCUT2D eigenvalue weighted by molar-refractivity contribution is -0.133. The molecule has 1 amide bonds. The first-order valence-electron chi connectivity index (χ1n) is 9.62. The van der Waals surface area contributed by atoms with Crippen LogP contribution in [-0.2, 0) is 16.1 Å². The van der Waals surface area contributed by atoms with E-state index in [1.54, 1.807) is 43.3 Å². The number of ether oxygens (including phenoxy) is 1. The zero-order valence-electron chi connectivity index (χ0n) is 16.9. The Hall–Kier alpha value is -3.65. The third-order valence-corrected chi connectivity index (χ3v) is 4.66. The summed E-state index contributed by atoms with van der Waals surface area (Å²) in [5.74, 6) is -2.46. The van der Waals surface area contributed by atoms with Crippen molar-refractivity contribution < 1.29 is 18.3 Å². The highest BCUT2D eigenvalue weighted by molar-refractivity contribution is 5.94. The highest BCUT2D eigenvalue weighted by Crippen LogP contribution is 2.29. The Morgan fingerprint density at radius 3 is 2.26 bits per heavy atom. The first-order chi connectivity index (χ1) is 14.9. The van der Waals surface area contributed by atoms with Crippen LogP contribution in [0.25, 0.3) is 11.1 Å². The van der Waals surface area contributed by atoms with Gasteiger partial charge in [0.15, 0.2) is 6.10 Å². The average Bonchev–Trinajstić information content (AvgIpc) is 2.77. The number of amides is 1. The molecule has 8 heteroatoms. The summed E-state index contributed by atoms with van der Waals surface area (Å²) in [6.07, 6.45) is 1.62. The van der Waals surface area contributed by atoms with Crippen molar-refractivity contribution in [1.29, 1.82) is 5.41 Å². The van der Waals surface area contributed by atoms with E-state index in [2.05, 4.69) is 10.3 Å². The molecular formula is C23H22F2N4O2. The molecule has 0 fully saturated rings. The van der Waals surface area contributed by atoms with E-state index in [-0.39, 0.29) is 19.0 Å². The molecule has 3 aromatic rings. The number of nitrogens with two attached hydrogens (primary N) is 1. The lowest BCUT2D eigenvalue weighted by Crippen LogP contribution is -2.31. The number of carbonyl (C=O) groups excluding carboxylic acids is 1. The van der Waals surface area contributed by atoms with Crippen molar-refractivity contribution in [3.05, 3.63) is 89.2 Å². The van der Waals surface area contributed by atoms with E-state index in [1.165, 1.54) is 24.5 Å². The number of hydrogen-bond acceptors (Lipinski definition) is 4. The molecule has 4 N–H and O–H groups in total. The molecule has 0 aliphatic heterocycles. The molecule has 6 nitrogen and oxygen atoms in total. The third-order valence-electron chi connectivity index (χ3n) is 4.66. The molecule has 0 saturated carbocycles. The molecule has 31 heavy (non-hydrogen) atoms. The number of aromatic nitrogens is 1. The van der Waals surface area contributed by atoms with Crippen molar-refractivity contribution in [1.82, 2.24) is 10.3 Å². The van der Waals surface area contributed by atoms with Crippen LogP contribution in [-0.4, -0.2) is 23.3 Å². The highest BCUT2D eigenvalue weighted by atomic mass is 19.1. The fourth-order valence-corrected chi connectivity index (χ4v) is 3.09. The molecule has 0 saturated heterocycles. The predicted molar refractivity (Wildman–Crippen MR) is 113 cm³/mol. The Labute approximate surface area is 178 Å². The van der Waals surface area contributed by atoms with Crippen LogP contribution in [0.2, 0.25) is 0 Å². The Kier molecular flexibility index (Phi) is 7.04. The molecule has 3 rings (SSSR count). The van der Waals surface area contributed by atoms with Gasteiger partial charge in [-0.05, 0) is 47.9 Å². The fourth-order valence-electron chi connectivity index (χ4n) is 3.09. The molecule has 0 bridgehead atoms. The summed E-state index contributed by atoms with van der Waals surface area (Å²) < 4.78 is 35.1. The minimum absolute atomic E-state index is 0.0619. The van der Waals surface area contributed by atoms with Crippen LogP contribution in [0.4, 0.5) is 8.78 Å². The largest absolute Gasteiger partial charge is 0.384 e. The summed E-state index contributed by atoms with van der Waals surface area (Å²) >= 11 is 0. The van der Waals surface area contributed by atoms with Crippen LogP contribution in [0.1, 0.15) is 29.7 Å². The van der Waals surface area contributed by atoms with Gasteiger partial charge in [-0.1, -0.05) is 24.3 Å². The molecule has 1 unspecified atom stereocenters. The quantitative estimate of drug-likeness (QED) is 0.379. The number of nitrogen functional groups attached to an aromatic ring is 1. The zero-order chi connectivity index (χ0) is 22.4. The second-order valence-electron chi connectivity index (χ2n) is 6.75. The van der Waals surface area contributed by atoms with Gasteiger partial charge in [0.25, 0.3) is 5.91 Å². The summed E-state index contributed by atoms with van der Waals surface area (Å²) in [4.78, 5) is 16.6. The van der Waals surface area contributed by atoms with Crippen molar-refractivity contribution in [2.45, 2.75) is 19.6 Å². The fraction of sp³-hybridized carbons (Fsp3) is 0.174. The van der Waals surface area contributed by atoms with Gasteiger partial charge in [-0.2, -0.15) is 0 Å². The van der Waals surface area contributed by atoms with Crippen LogP contribution >= 0.6 is 0 Å².